The number of amides is 1. The second-order valence-corrected chi connectivity index (χ2v) is 12.5. The van der Waals surface area contributed by atoms with Crippen LogP contribution in [0.3, 0.4) is 0 Å². The number of benzene rings is 3. The molecule has 4 rings (SSSR count). The van der Waals surface area contributed by atoms with E-state index >= 15 is 0 Å². The van der Waals surface area contributed by atoms with Gasteiger partial charge < -0.3 is 20.8 Å². The number of halogens is 7. The zero-order valence-electron chi connectivity index (χ0n) is 23.5. The number of aliphatic hydroxyl groups is 2. The number of alkyl halides is 6. The Hall–Kier alpha value is -3.89. The quantitative estimate of drug-likeness (QED) is 0.235. The summed E-state index contributed by atoms with van der Waals surface area (Å²) < 4.78 is 123. The summed E-state index contributed by atoms with van der Waals surface area (Å²) >= 11 is 0. The second-order valence-electron chi connectivity index (χ2n) is 10.7. The van der Waals surface area contributed by atoms with Crippen LogP contribution in [0.5, 0.6) is 0 Å². The lowest BCUT2D eigenvalue weighted by Crippen LogP contribution is -2.54. The van der Waals surface area contributed by atoms with E-state index in [2.05, 4.69) is 0 Å². The van der Waals surface area contributed by atoms with Gasteiger partial charge in [0.15, 0.2) is 0 Å². The lowest BCUT2D eigenvalue weighted by atomic mass is 9.87. The minimum atomic E-state index is -6.16. The van der Waals surface area contributed by atoms with E-state index in [-0.39, 0.29) is 30.6 Å². The van der Waals surface area contributed by atoms with Crippen LogP contribution in [0.2, 0.25) is 0 Å². The number of likely N-dealkylation sites (N-methyl/N-ethyl adjacent to an activating group) is 1. The first-order valence-corrected chi connectivity index (χ1v) is 14.8. The normalized spacial score (nSPS) is 16.7. The minimum Gasteiger partial charge on any atom is -0.399 e. The molecule has 0 spiro atoms. The third kappa shape index (κ3) is 6.58. The maximum absolute atomic E-state index is 13.8. The smallest absolute Gasteiger partial charge is 0.399 e. The number of hydrogen-bond donors (Lipinski definition) is 3. The Morgan fingerprint density at radius 1 is 1.02 bits per heavy atom. The molecule has 1 heterocycles. The Morgan fingerprint density at radius 3 is 2.22 bits per heavy atom. The molecule has 3 aromatic carbocycles. The van der Waals surface area contributed by atoms with Gasteiger partial charge in [-0.1, -0.05) is 24.3 Å². The number of hydrogen-bond acceptors (Lipinski definition) is 6. The SMILES string of the molecule is CN(CC(O)c1cccc(N)c1)C(=O)C[C@@H]1CCc2cc(C(O)(C(F)(F)F)C(F)(F)F)ccc2N1S(=O)(=O)c1ccc(F)cc1. The van der Waals surface area contributed by atoms with E-state index in [4.69, 9.17) is 5.73 Å². The van der Waals surface area contributed by atoms with Gasteiger partial charge in [-0.05, 0) is 66.4 Å². The van der Waals surface area contributed by atoms with Crippen LogP contribution in [-0.4, -0.2) is 61.4 Å². The van der Waals surface area contributed by atoms with Crippen molar-refractivity contribution in [1.29, 1.82) is 0 Å². The molecular weight excluding hydrogens is 635 g/mol. The monoisotopic (exact) mass is 663 g/mol. The summed E-state index contributed by atoms with van der Waals surface area (Å²) in [5, 5.41) is 20.5. The maximum Gasteiger partial charge on any atom is 0.430 e. The number of sulfonamides is 1. The van der Waals surface area contributed by atoms with Crippen LogP contribution in [-0.2, 0) is 26.8 Å². The van der Waals surface area contributed by atoms with E-state index in [0.717, 1.165) is 29.2 Å². The van der Waals surface area contributed by atoms with Crippen molar-refractivity contribution in [3.63, 3.8) is 0 Å². The molecule has 1 unspecified atom stereocenters. The van der Waals surface area contributed by atoms with Crippen LogP contribution in [0.4, 0.5) is 42.1 Å². The first-order valence-electron chi connectivity index (χ1n) is 13.3. The molecule has 1 aliphatic heterocycles. The lowest BCUT2D eigenvalue weighted by Gasteiger charge is -2.39. The summed E-state index contributed by atoms with van der Waals surface area (Å²) in [7, 11) is -3.31. The highest BCUT2D eigenvalue weighted by Gasteiger charge is 2.71. The van der Waals surface area contributed by atoms with E-state index in [1.165, 1.54) is 13.1 Å². The highest BCUT2D eigenvalue weighted by atomic mass is 32.2. The largest absolute Gasteiger partial charge is 0.430 e. The molecule has 0 saturated carbocycles. The minimum absolute atomic E-state index is 0.215. The fourth-order valence-electron chi connectivity index (χ4n) is 5.17. The predicted molar refractivity (Wildman–Crippen MR) is 149 cm³/mol. The highest BCUT2D eigenvalue weighted by molar-refractivity contribution is 7.92. The van der Waals surface area contributed by atoms with E-state index in [1.807, 2.05) is 0 Å². The summed E-state index contributed by atoms with van der Waals surface area (Å²) in [5.41, 5.74) is -0.868. The Balaban J connectivity index is 1.72. The van der Waals surface area contributed by atoms with Gasteiger partial charge in [0.05, 0.1) is 29.3 Å². The predicted octanol–water partition coefficient (Wildman–Crippen LogP) is 4.81. The van der Waals surface area contributed by atoms with Gasteiger partial charge in [-0.25, -0.2) is 12.8 Å². The zero-order valence-corrected chi connectivity index (χ0v) is 24.3. The van der Waals surface area contributed by atoms with Crippen molar-refractivity contribution < 1.29 is 54.2 Å². The Labute approximate surface area is 253 Å². The van der Waals surface area contributed by atoms with Gasteiger partial charge in [0, 0.05) is 24.7 Å². The van der Waals surface area contributed by atoms with Crippen LogP contribution in [0.25, 0.3) is 0 Å². The molecule has 0 radical (unpaired) electrons. The number of aliphatic hydroxyl groups excluding tert-OH is 1. The summed E-state index contributed by atoms with van der Waals surface area (Å²) in [5.74, 6) is -1.41. The summed E-state index contributed by atoms with van der Waals surface area (Å²) in [4.78, 5) is 13.9. The van der Waals surface area contributed by atoms with Crippen LogP contribution in [0, 0.1) is 5.82 Å². The van der Waals surface area contributed by atoms with Crippen molar-refractivity contribution in [2.24, 2.45) is 0 Å². The molecule has 0 saturated heterocycles. The maximum atomic E-state index is 13.8. The van der Waals surface area contributed by atoms with Gasteiger partial charge >= 0.3 is 12.4 Å². The molecule has 0 bridgehead atoms. The van der Waals surface area contributed by atoms with Crippen molar-refractivity contribution in [2.75, 3.05) is 23.6 Å². The van der Waals surface area contributed by atoms with Gasteiger partial charge in [-0.15, -0.1) is 0 Å². The molecule has 0 aromatic heterocycles. The topological polar surface area (TPSA) is 124 Å². The van der Waals surface area contributed by atoms with E-state index in [9.17, 15) is 54.2 Å². The van der Waals surface area contributed by atoms with Crippen molar-refractivity contribution in [3.8, 4) is 0 Å². The summed E-state index contributed by atoms with van der Waals surface area (Å²) in [6.07, 6.45) is -14.4. The van der Waals surface area contributed by atoms with Crippen LogP contribution < -0.4 is 10.0 Å². The third-order valence-corrected chi connectivity index (χ3v) is 9.46. The van der Waals surface area contributed by atoms with Gasteiger partial charge in [0.25, 0.3) is 15.6 Å². The number of carbonyl (C=O) groups excluding carboxylic acids is 1. The van der Waals surface area contributed by atoms with E-state index in [1.54, 1.807) is 18.2 Å². The van der Waals surface area contributed by atoms with Gasteiger partial charge in [0.1, 0.15) is 5.82 Å². The first-order chi connectivity index (χ1) is 20.8. The number of carbonyl (C=O) groups is 1. The molecule has 8 nitrogen and oxygen atoms in total. The zero-order chi connectivity index (χ0) is 33.5. The molecule has 0 fully saturated rings. The number of nitrogens with two attached hydrogens (primary N) is 1. The number of anilines is 2. The lowest BCUT2D eigenvalue weighted by molar-refractivity contribution is -0.376. The molecule has 45 heavy (non-hydrogen) atoms. The second kappa shape index (κ2) is 12.1. The number of aryl methyl sites for hydroxylation is 1. The molecule has 2 atom stereocenters. The van der Waals surface area contributed by atoms with Gasteiger partial charge in [-0.3, -0.25) is 9.10 Å². The molecule has 0 aliphatic carbocycles. The average Bonchev–Trinajstić information content (AvgIpc) is 2.95. The van der Waals surface area contributed by atoms with Crippen molar-refractivity contribution in [3.05, 3.63) is 89.2 Å². The molecule has 3 aromatic rings. The van der Waals surface area contributed by atoms with E-state index in [0.29, 0.717) is 33.8 Å². The van der Waals surface area contributed by atoms with Crippen LogP contribution in [0.15, 0.2) is 71.6 Å². The summed E-state index contributed by atoms with van der Waals surface area (Å²) in [6.45, 7) is -0.215. The third-order valence-electron chi connectivity index (χ3n) is 7.58. The van der Waals surface area contributed by atoms with Gasteiger partial charge in [0.2, 0.25) is 5.91 Å². The number of nitrogen functional groups attached to an aromatic ring is 1. The fraction of sp³-hybridized carbons (Fsp3) is 0.345. The van der Waals surface area contributed by atoms with Crippen molar-refractivity contribution >= 4 is 27.3 Å². The molecule has 1 aliphatic rings. The molecule has 244 valence electrons. The first kappa shape index (κ1) is 34.0. The Bertz CT molecular complexity index is 1650. The van der Waals surface area contributed by atoms with Gasteiger partial charge in [-0.2, -0.15) is 26.3 Å². The number of nitrogens with zero attached hydrogens (tertiary/aromatic N) is 2. The van der Waals surface area contributed by atoms with E-state index < -0.39 is 68.7 Å². The highest BCUT2D eigenvalue weighted by Crippen LogP contribution is 2.51. The number of fused-ring (bicyclic) bond motifs is 1. The Morgan fingerprint density at radius 2 is 1.64 bits per heavy atom. The average molecular weight is 664 g/mol. The number of rotatable bonds is 8. The molecule has 16 heteroatoms. The molecule has 4 N–H and O–H groups in total. The summed E-state index contributed by atoms with van der Waals surface area (Å²) in [6, 6.07) is 10.1. The molecule has 1 amide bonds. The standard InChI is InChI=1S/C29H28F7N3O5S/c1-38(16-25(40)18-3-2-4-21(37)14-18)26(41)15-22-9-5-17-13-19(27(42,28(31,32)33)29(34,35)36)6-12-24(17)39(22)45(43,44)23-10-7-20(30)8-11-23/h2-4,6-8,10-14,22,25,40,42H,5,9,15-16,37H2,1H3/t22-,25?/m0/s1. The fourth-order valence-corrected chi connectivity index (χ4v) is 6.89. The van der Waals surface area contributed by atoms with Crippen molar-refractivity contribution in [2.45, 2.75) is 54.3 Å². The van der Waals surface area contributed by atoms with Crippen LogP contribution >= 0.6 is 0 Å². The van der Waals surface area contributed by atoms with Crippen LogP contribution in [0.1, 0.15) is 35.6 Å². The molecular formula is C29H28F7N3O5S. The van der Waals surface area contributed by atoms with Crippen molar-refractivity contribution in [1.82, 2.24) is 4.90 Å². The Kier molecular flexibility index (Phi) is 9.17.